The quantitative estimate of drug-likeness (QED) is 0.596. The van der Waals surface area contributed by atoms with Gasteiger partial charge in [-0.15, -0.1) is 5.10 Å². The van der Waals surface area contributed by atoms with Crippen LogP contribution in [0.5, 0.6) is 0 Å². The SMILES string of the molecule is Cc1c([C@@H](C)Nc2nnc(C)c3cnc(N4CC(C)(CO)C4)cc23)cccc1C(F)(F)F. The number of nitrogens with one attached hydrogen (secondary N) is 1. The third-order valence-electron chi connectivity index (χ3n) is 6.19. The van der Waals surface area contributed by atoms with Crippen LogP contribution in [0.15, 0.2) is 30.5 Å². The Hall–Kier alpha value is -2.94. The zero-order valence-electron chi connectivity index (χ0n) is 18.5. The number of aliphatic hydroxyl groups is 1. The van der Waals surface area contributed by atoms with Crippen LogP contribution in [-0.4, -0.2) is 40.0 Å². The Morgan fingerprint density at radius 2 is 1.91 bits per heavy atom. The molecule has 3 aromatic rings. The third-order valence-corrected chi connectivity index (χ3v) is 6.19. The Morgan fingerprint density at radius 3 is 2.56 bits per heavy atom. The van der Waals surface area contributed by atoms with Crippen molar-refractivity contribution in [3.63, 3.8) is 0 Å². The van der Waals surface area contributed by atoms with E-state index in [0.717, 1.165) is 28.4 Å². The number of halogens is 3. The van der Waals surface area contributed by atoms with Gasteiger partial charge in [0, 0.05) is 35.5 Å². The summed E-state index contributed by atoms with van der Waals surface area (Å²) in [6, 6.07) is 5.71. The maximum atomic E-state index is 13.3. The van der Waals surface area contributed by atoms with Crippen LogP contribution in [0.4, 0.5) is 24.8 Å². The molecule has 1 saturated heterocycles. The number of aliphatic hydroxyl groups excluding tert-OH is 1. The molecule has 0 saturated carbocycles. The van der Waals surface area contributed by atoms with Gasteiger partial charge in [0.1, 0.15) is 5.82 Å². The molecule has 1 aliphatic rings. The van der Waals surface area contributed by atoms with E-state index in [-0.39, 0.29) is 17.6 Å². The van der Waals surface area contributed by atoms with Gasteiger partial charge in [0.15, 0.2) is 5.82 Å². The number of hydrogen-bond donors (Lipinski definition) is 2. The predicted molar refractivity (Wildman–Crippen MR) is 118 cm³/mol. The summed E-state index contributed by atoms with van der Waals surface area (Å²) >= 11 is 0. The Balaban J connectivity index is 1.68. The zero-order chi connectivity index (χ0) is 23.3. The summed E-state index contributed by atoms with van der Waals surface area (Å²) in [5, 5.41) is 22.9. The van der Waals surface area contributed by atoms with Gasteiger partial charge in [-0.3, -0.25) is 0 Å². The molecular weight excluding hydrogens is 419 g/mol. The first-order valence-electron chi connectivity index (χ1n) is 10.4. The van der Waals surface area contributed by atoms with Crippen LogP contribution in [0.2, 0.25) is 0 Å². The van der Waals surface area contributed by atoms with E-state index in [9.17, 15) is 18.3 Å². The lowest BCUT2D eigenvalue weighted by atomic mass is 9.83. The topological polar surface area (TPSA) is 74.2 Å². The second kappa shape index (κ2) is 7.88. The average molecular weight is 445 g/mol. The van der Waals surface area contributed by atoms with Crippen molar-refractivity contribution in [3.05, 3.63) is 52.8 Å². The first kappa shape index (κ1) is 22.3. The molecule has 2 N–H and O–H groups in total. The molecule has 0 amide bonds. The van der Waals surface area contributed by atoms with E-state index in [1.54, 1.807) is 19.2 Å². The number of nitrogens with zero attached hydrogens (tertiary/aromatic N) is 4. The molecule has 0 aliphatic carbocycles. The smallest absolute Gasteiger partial charge is 0.396 e. The molecule has 170 valence electrons. The van der Waals surface area contributed by atoms with Crippen molar-refractivity contribution >= 4 is 22.4 Å². The average Bonchev–Trinajstić information content (AvgIpc) is 2.72. The lowest BCUT2D eigenvalue weighted by Gasteiger charge is -2.47. The molecule has 1 aliphatic heterocycles. The van der Waals surface area contributed by atoms with E-state index in [1.807, 2.05) is 19.9 Å². The van der Waals surface area contributed by atoms with Crippen LogP contribution in [0.3, 0.4) is 0 Å². The number of hydrogen-bond acceptors (Lipinski definition) is 6. The van der Waals surface area contributed by atoms with Gasteiger partial charge in [-0.2, -0.15) is 18.3 Å². The van der Waals surface area contributed by atoms with Crippen LogP contribution in [0, 0.1) is 19.3 Å². The van der Waals surface area contributed by atoms with Crippen LogP contribution in [-0.2, 0) is 6.18 Å². The maximum Gasteiger partial charge on any atom is 0.416 e. The molecule has 3 heterocycles. The molecular formula is C23H26F3N5O. The predicted octanol–water partition coefficient (Wildman–Crippen LogP) is 4.65. The van der Waals surface area contributed by atoms with Gasteiger partial charge in [0.25, 0.3) is 0 Å². The molecule has 4 rings (SSSR count). The molecule has 6 nitrogen and oxygen atoms in total. The highest BCUT2D eigenvalue weighted by atomic mass is 19.4. The lowest BCUT2D eigenvalue weighted by molar-refractivity contribution is -0.138. The van der Waals surface area contributed by atoms with Gasteiger partial charge in [-0.1, -0.05) is 19.1 Å². The summed E-state index contributed by atoms with van der Waals surface area (Å²) in [5.74, 6) is 1.26. The highest BCUT2D eigenvalue weighted by Crippen LogP contribution is 2.37. The normalized spacial score (nSPS) is 16.7. The number of aryl methyl sites for hydroxylation is 1. The number of anilines is 2. The van der Waals surface area contributed by atoms with E-state index in [2.05, 4.69) is 25.4 Å². The van der Waals surface area contributed by atoms with Crippen LogP contribution in [0.1, 0.15) is 42.3 Å². The van der Waals surface area contributed by atoms with Crippen LogP contribution >= 0.6 is 0 Å². The fourth-order valence-corrected chi connectivity index (χ4v) is 4.29. The maximum absolute atomic E-state index is 13.3. The highest BCUT2D eigenvalue weighted by Gasteiger charge is 2.39. The Kier molecular flexibility index (Phi) is 5.48. The molecule has 2 aromatic heterocycles. The van der Waals surface area contributed by atoms with Crippen molar-refractivity contribution in [2.75, 3.05) is 29.9 Å². The second-order valence-electron chi connectivity index (χ2n) is 8.93. The lowest BCUT2D eigenvalue weighted by Crippen LogP contribution is -2.57. The minimum absolute atomic E-state index is 0.113. The largest absolute Gasteiger partial charge is 0.416 e. The molecule has 9 heteroatoms. The van der Waals surface area contributed by atoms with Crippen molar-refractivity contribution < 1.29 is 18.3 Å². The monoisotopic (exact) mass is 445 g/mol. The van der Waals surface area contributed by atoms with Gasteiger partial charge < -0.3 is 15.3 Å². The van der Waals surface area contributed by atoms with E-state index in [4.69, 9.17) is 0 Å². The third kappa shape index (κ3) is 3.97. The molecule has 32 heavy (non-hydrogen) atoms. The summed E-state index contributed by atoms with van der Waals surface area (Å²) in [6.07, 6.45) is -2.66. The minimum Gasteiger partial charge on any atom is -0.396 e. The number of alkyl halides is 3. The van der Waals surface area contributed by atoms with Crippen LogP contribution < -0.4 is 10.2 Å². The minimum atomic E-state index is -4.41. The van der Waals surface area contributed by atoms with Gasteiger partial charge >= 0.3 is 6.18 Å². The second-order valence-corrected chi connectivity index (χ2v) is 8.93. The van der Waals surface area contributed by atoms with E-state index >= 15 is 0 Å². The summed E-state index contributed by atoms with van der Waals surface area (Å²) < 4.78 is 40.0. The summed E-state index contributed by atoms with van der Waals surface area (Å²) in [5.41, 5.74) is 0.678. The number of fused-ring (bicyclic) bond motifs is 1. The molecule has 0 unspecified atom stereocenters. The van der Waals surface area contributed by atoms with E-state index in [0.29, 0.717) is 24.5 Å². The molecule has 1 fully saturated rings. The highest BCUT2D eigenvalue weighted by molar-refractivity contribution is 5.94. The van der Waals surface area contributed by atoms with Gasteiger partial charge in [-0.25, -0.2) is 4.98 Å². The molecule has 1 aromatic carbocycles. The molecule has 0 bridgehead atoms. The van der Waals surface area contributed by atoms with Crippen molar-refractivity contribution in [1.29, 1.82) is 0 Å². The van der Waals surface area contributed by atoms with Gasteiger partial charge in [0.05, 0.1) is 23.9 Å². The first-order valence-corrected chi connectivity index (χ1v) is 10.4. The van der Waals surface area contributed by atoms with Gasteiger partial charge in [0.2, 0.25) is 0 Å². The van der Waals surface area contributed by atoms with Gasteiger partial charge in [-0.05, 0) is 44.0 Å². The first-order chi connectivity index (χ1) is 15.0. The Labute approximate surface area is 184 Å². The fourth-order valence-electron chi connectivity index (χ4n) is 4.29. The van der Waals surface area contributed by atoms with Crippen molar-refractivity contribution in [2.24, 2.45) is 5.41 Å². The number of benzene rings is 1. The Bertz CT molecular complexity index is 1160. The Morgan fingerprint density at radius 1 is 1.19 bits per heavy atom. The number of pyridine rings is 1. The molecule has 0 spiro atoms. The van der Waals surface area contributed by atoms with Crippen LogP contribution in [0.25, 0.3) is 10.8 Å². The van der Waals surface area contributed by atoms with E-state index < -0.39 is 17.8 Å². The standard InChI is InChI=1S/C23H26F3N5O/c1-13-16(6-5-7-19(13)23(24,25)26)14(2)28-21-17-8-20(31-10-22(4,11-31)12-32)27-9-18(17)15(3)29-30-21/h5-9,14,32H,10-12H2,1-4H3,(H,28,30)/t14-/m1/s1. The molecule has 0 radical (unpaired) electrons. The van der Waals surface area contributed by atoms with E-state index in [1.165, 1.54) is 13.0 Å². The zero-order valence-corrected chi connectivity index (χ0v) is 18.5. The van der Waals surface area contributed by atoms with Crippen molar-refractivity contribution in [2.45, 2.75) is 39.9 Å². The molecule has 1 atom stereocenters. The summed E-state index contributed by atoms with van der Waals surface area (Å²) in [4.78, 5) is 6.62. The fraction of sp³-hybridized carbons (Fsp3) is 0.435. The number of aromatic nitrogens is 3. The van der Waals surface area contributed by atoms with Crippen molar-refractivity contribution in [3.8, 4) is 0 Å². The summed E-state index contributed by atoms with van der Waals surface area (Å²) in [7, 11) is 0. The number of rotatable bonds is 5. The summed E-state index contributed by atoms with van der Waals surface area (Å²) in [6.45, 7) is 8.66. The van der Waals surface area contributed by atoms with Crippen molar-refractivity contribution in [1.82, 2.24) is 15.2 Å².